The molecule has 0 aliphatic heterocycles. The molecular weight excluding hydrogens is 320 g/mol. The maximum atomic E-state index is 11.9. The first-order valence-corrected chi connectivity index (χ1v) is 8.84. The Hall–Kier alpha value is -1.98. The van der Waals surface area contributed by atoms with Crippen molar-refractivity contribution < 1.29 is 9.21 Å². The number of amides is 1. The quantitative estimate of drug-likeness (QED) is 0.778. The third-order valence-corrected chi connectivity index (χ3v) is 3.95. The van der Waals surface area contributed by atoms with Crippen LogP contribution in [-0.4, -0.2) is 28.1 Å². The molecule has 0 aliphatic rings. The van der Waals surface area contributed by atoms with Gasteiger partial charge in [0.15, 0.2) is 0 Å². The average molecular weight is 334 g/mol. The van der Waals surface area contributed by atoms with Crippen LogP contribution < -0.4 is 5.32 Å². The first-order valence-electron chi connectivity index (χ1n) is 6.46. The van der Waals surface area contributed by atoms with Gasteiger partial charge in [-0.2, -0.15) is 17.0 Å². The SMILES string of the molecule is CSCc1nnc(SCCC(=O)Nc2ccccc2C#N)o1. The summed E-state index contributed by atoms with van der Waals surface area (Å²) in [5, 5.41) is 20.0. The Morgan fingerprint density at radius 1 is 1.41 bits per heavy atom. The van der Waals surface area contributed by atoms with Crippen LogP contribution >= 0.6 is 23.5 Å². The molecule has 22 heavy (non-hydrogen) atoms. The van der Waals surface area contributed by atoms with Crippen LogP contribution in [0, 0.1) is 11.3 Å². The van der Waals surface area contributed by atoms with Crippen LogP contribution in [0.5, 0.6) is 0 Å². The second kappa shape index (κ2) is 8.46. The van der Waals surface area contributed by atoms with Gasteiger partial charge in [0.25, 0.3) is 5.22 Å². The Labute approximate surface area is 136 Å². The molecule has 0 bridgehead atoms. The highest BCUT2D eigenvalue weighted by Crippen LogP contribution is 2.19. The van der Waals surface area contributed by atoms with Gasteiger partial charge in [-0.15, -0.1) is 10.2 Å². The third-order valence-electron chi connectivity index (χ3n) is 2.59. The van der Waals surface area contributed by atoms with Crippen molar-refractivity contribution >= 4 is 35.1 Å². The van der Waals surface area contributed by atoms with Gasteiger partial charge in [-0.05, 0) is 18.4 Å². The molecule has 0 fully saturated rings. The lowest BCUT2D eigenvalue weighted by Crippen LogP contribution is -2.13. The number of nitrogens with zero attached hydrogens (tertiary/aromatic N) is 3. The summed E-state index contributed by atoms with van der Waals surface area (Å²) in [4.78, 5) is 11.9. The van der Waals surface area contributed by atoms with Gasteiger partial charge in [-0.3, -0.25) is 4.79 Å². The normalized spacial score (nSPS) is 10.2. The summed E-state index contributed by atoms with van der Waals surface area (Å²) >= 11 is 2.95. The van der Waals surface area contributed by atoms with Gasteiger partial charge < -0.3 is 9.73 Å². The van der Waals surface area contributed by atoms with Crippen molar-refractivity contribution in [1.82, 2.24) is 10.2 Å². The van der Waals surface area contributed by atoms with Crippen LogP contribution in [0.15, 0.2) is 33.9 Å². The van der Waals surface area contributed by atoms with Crippen molar-refractivity contribution in [1.29, 1.82) is 5.26 Å². The Kier molecular flexibility index (Phi) is 6.30. The number of anilines is 1. The Morgan fingerprint density at radius 2 is 2.23 bits per heavy atom. The molecule has 0 atom stereocenters. The van der Waals surface area contributed by atoms with E-state index in [0.717, 1.165) is 0 Å². The summed E-state index contributed by atoms with van der Waals surface area (Å²) in [7, 11) is 0. The van der Waals surface area contributed by atoms with Gasteiger partial charge in [0.05, 0.1) is 17.0 Å². The van der Waals surface area contributed by atoms with Crippen molar-refractivity contribution in [2.24, 2.45) is 0 Å². The van der Waals surface area contributed by atoms with Crippen molar-refractivity contribution in [2.75, 3.05) is 17.3 Å². The number of nitrogens with one attached hydrogen (secondary N) is 1. The summed E-state index contributed by atoms with van der Waals surface area (Å²) in [5.74, 6) is 1.64. The fourth-order valence-corrected chi connectivity index (χ4v) is 2.69. The minimum Gasteiger partial charge on any atom is -0.415 e. The number of aromatic nitrogens is 2. The molecule has 6 nitrogen and oxygen atoms in total. The van der Waals surface area contributed by atoms with E-state index < -0.39 is 0 Å². The van der Waals surface area contributed by atoms with Gasteiger partial charge in [0.2, 0.25) is 11.8 Å². The number of hydrogen-bond donors (Lipinski definition) is 1. The molecule has 1 N–H and O–H groups in total. The zero-order valence-corrected chi connectivity index (χ0v) is 13.5. The number of rotatable bonds is 7. The maximum Gasteiger partial charge on any atom is 0.276 e. The zero-order valence-electron chi connectivity index (χ0n) is 11.9. The van der Waals surface area contributed by atoms with Crippen LogP contribution in [0.3, 0.4) is 0 Å². The van der Waals surface area contributed by atoms with Crippen LogP contribution in [0.1, 0.15) is 17.9 Å². The summed E-state index contributed by atoms with van der Waals surface area (Å²) in [5.41, 5.74) is 0.974. The lowest BCUT2D eigenvalue weighted by Gasteiger charge is -2.05. The summed E-state index contributed by atoms with van der Waals surface area (Å²) in [6, 6.07) is 8.94. The molecule has 0 saturated carbocycles. The summed E-state index contributed by atoms with van der Waals surface area (Å²) < 4.78 is 5.41. The smallest absolute Gasteiger partial charge is 0.276 e. The highest BCUT2D eigenvalue weighted by molar-refractivity contribution is 7.99. The van der Waals surface area contributed by atoms with Crippen LogP contribution in [0.4, 0.5) is 5.69 Å². The molecule has 1 amide bonds. The molecule has 2 rings (SSSR count). The first kappa shape index (κ1) is 16.4. The molecule has 2 aromatic rings. The second-order valence-electron chi connectivity index (χ2n) is 4.20. The van der Waals surface area contributed by atoms with Gasteiger partial charge >= 0.3 is 0 Å². The molecule has 1 heterocycles. The fourth-order valence-electron chi connectivity index (χ4n) is 1.61. The van der Waals surface area contributed by atoms with E-state index in [1.165, 1.54) is 11.8 Å². The number of thioether (sulfide) groups is 2. The highest BCUT2D eigenvalue weighted by atomic mass is 32.2. The van der Waals surface area contributed by atoms with Crippen molar-refractivity contribution in [3.8, 4) is 6.07 Å². The van der Waals surface area contributed by atoms with E-state index >= 15 is 0 Å². The Bertz CT molecular complexity index is 681. The average Bonchev–Trinajstić information content (AvgIpc) is 2.96. The van der Waals surface area contributed by atoms with Crippen molar-refractivity contribution in [2.45, 2.75) is 17.4 Å². The molecule has 114 valence electrons. The number of para-hydroxylation sites is 1. The summed E-state index contributed by atoms with van der Waals surface area (Å²) in [6.45, 7) is 0. The number of hydrogen-bond acceptors (Lipinski definition) is 7. The lowest BCUT2D eigenvalue weighted by atomic mass is 10.2. The van der Waals surface area contributed by atoms with E-state index in [1.54, 1.807) is 36.0 Å². The second-order valence-corrected chi connectivity index (χ2v) is 6.11. The van der Waals surface area contributed by atoms with E-state index in [9.17, 15) is 4.79 Å². The Balaban J connectivity index is 1.79. The zero-order chi connectivity index (χ0) is 15.8. The van der Waals surface area contributed by atoms with E-state index in [4.69, 9.17) is 9.68 Å². The van der Waals surface area contributed by atoms with Crippen molar-refractivity contribution in [3.63, 3.8) is 0 Å². The van der Waals surface area contributed by atoms with Crippen molar-refractivity contribution in [3.05, 3.63) is 35.7 Å². The molecular formula is C14H14N4O2S2. The number of nitriles is 1. The molecule has 0 unspecified atom stereocenters. The lowest BCUT2D eigenvalue weighted by molar-refractivity contribution is -0.115. The molecule has 8 heteroatoms. The number of carbonyl (C=O) groups is 1. The maximum absolute atomic E-state index is 11.9. The largest absolute Gasteiger partial charge is 0.415 e. The molecule has 1 aromatic carbocycles. The molecule has 0 radical (unpaired) electrons. The predicted octanol–water partition coefficient (Wildman–Crippen LogP) is 2.93. The predicted molar refractivity (Wildman–Crippen MR) is 86.6 cm³/mol. The van der Waals surface area contributed by atoms with E-state index in [-0.39, 0.29) is 5.91 Å². The molecule has 0 saturated heterocycles. The summed E-state index contributed by atoms with van der Waals surface area (Å²) in [6.07, 6.45) is 2.26. The van der Waals surface area contributed by atoms with Crippen LogP contribution in [0.25, 0.3) is 0 Å². The third kappa shape index (κ3) is 4.79. The number of benzene rings is 1. The topological polar surface area (TPSA) is 91.8 Å². The van der Waals surface area contributed by atoms with Crippen LogP contribution in [0.2, 0.25) is 0 Å². The monoisotopic (exact) mass is 334 g/mol. The van der Waals surface area contributed by atoms with E-state index in [1.807, 2.05) is 12.3 Å². The van der Waals surface area contributed by atoms with E-state index in [2.05, 4.69) is 15.5 Å². The number of carbonyl (C=O) groups excluding carboxylic acids is 1. The highest BCUT2D eigenvalue weighted by Gasteiger charge is 2.09. The van der Waals surface area contributed by atoms with Gasteiger partial charge in [0, 0.05) is 12.2 Å². The van der Waals surface area contributed by atoms with Crippen LogP contribution in [-0.2, 0) is 10.5 Å². The molecule has 1 aromatic heterocycles. The van der Waals surface area contributed by atoms with E-state index in [0.29, 0.717) is 40.3 Å². The minimum absolute atomic E-state index is 0.154. The Morgan fingerprint density at radius 3 is 3.00 bits per heavy atom. The molecule has 0 spiro atoms. The van der Waals surface area contributed by atoms with Gasteiger partial charge in [-0.25, -0.2) is 0 Å². The van der Waals surface area contributed by atoms with Gasteiger partial charge in [0.1, 0.15) is 6.07 Å². The fraction of sp³-hybridized carbons (Fsp3) is 0.286. The molecule has 0 aliphatic carbocycles. The minimum atomic E-state index is -0.154. The van der Waals surface area contributed by atoms with Gasteiger partial charge in [-0.1, -0.05) is 23.9 Å². The standard InChI is InChI=1S/C14H14N4O2S2/c1-21-9-13-17-18-14(20-13)22-7-6-12(19)16-11-5-3-2-4-10(11)8-15/h2-5H,6-7,9H2,1H3,(H,16,19). The first-order chi connectivity index (χ1) is 10.7.